The first-order valence-corrected chi connectivity index (χ1v) is 9.29. The molecule has 0 aliphatic heterocycles. The average Bonchev–Trinajstić information content (AvgIpc) is 2.68. The van der Waals surface area contributed by atoms with Gasteiger partial charge >= 0.3 is 0 Å². The van der Waals surface area contributed by atoms with Gasteiger partial charge in [0.25, 0.3) is 0 Å². The standard InChI is InChI=1S/C26H22O/c1-18-7-11-20(12-8-18)15-23-17-22-5-3-4-6-24(22)25(26(23)27)16-21-13-9-19(2)10-14-21/h3-16H,17H2,1-2H3/b23-15+,25-16+. The number of hydrogen-bond acceptors (Lipinski definition) is 1. The van der Waals surface area contributed by atoms with E-state index in [9.17, 15) is 4.79 Å². The minimum absolute atomic E-state index is 0.120. The lowest BCUT2D eigenvalue weighted by atomic mass is 9.81. The molecule has 0 aromatic heterocycles. The lowest BCUT2D eigenvalue weighted by molar-refractivity contribution is -0.110. The highest BCUT2D eigenvalue weighted by atomic mass is 16.1. The molecule has 0 fully saturated rings. The number of hydrogen-bond donors (Lipinski definition) is 0. The zero-order chi connectivity index (χ0) is 18.8. The third-order valence-corrected chi connectivity index (χ3v) is 5.03. The SMILES string of the molecule is Cc1ccc(/C=C2\Cc3ccccc3/C(=C\c3ccc(C)cc3)C2=O)cc1. The summed E-state index contributed by atoms with van der Waals surface area (Å²) in [7, 11) is 0. The molecule has 0 atom stereocenters. The molecule has 0 bridgehead atoms. The summed E-state index contributed by atoms with van der Waals surface area (Å²) < 4.78 is 0. The molecule has 132 valence electrons. The quantitative estimate of drug-likeness (QED) is 0.514. The Bertz CT molecular complexity index is 1050. The van der Waals surface area contributed by atoms with Crippen LogP contribution < -0.4 is 0 Å². The zero-order valence-electron chi connectivity index (χ0n) is 15.7. The largest absolute Gasteiger partial charge is 0.289 e. The predicted molar refractivity (Wildman–Crippen MR) is 113 cm³/mol. The molecular formula is C26H22O. The summed E-state index contributed by atoms with van der Waals surface area (Å²) in [5, 5.41) is 0. The molecule has 1 aliphatic carbocycles. The van der Waals surface area contributed by atoms with Crippen LogP contribution in [-0.4, -0.2) is 5.78 Å². The number of rotatable bonds is 2. The van der Waals surface area contributed by atoms with Gasteiger partial charge in [0, 0.05) is 17.6 Å². The van der Waals surface area contributed by atoms with Crippen LogP contribution in [0.5, 0.6) is 0 Å². The molecule has 0 amide bonds. The Morgan fingerprint density at radius 2 is 1.26 bits per heavy atom. The molecule has 4 rings (SSSR count). The number of benzene rings is 3. The van der Waals surface area contributed by atoms with E-state index in [1.54, 1.807) is 0 Å². The van der Waals surface area contributed by atoms with Crippen LogP contribution in [-0.2, 0) is 11.2 Å². The normalized spacial score (nSPS) is 16.6. The molecule has 1 heteroatoms. The number of allylic oxidation sites excluding steroid dienone is 2. The molecule has 1 nitrogen and oxygen atoms in total. The van der Waals surface area contributed by atoms with Crippen LogP contribution in [0.3, 0.4) is 0 Å². The van der Waals surface area contributed by atoms with Gasteiger partial charge in [0.1, 0.15) is 0 Å². The molecule has 0 N–H and O–H groups in total. The Hall–Kier alpha value is -3.19. The van der Waals surface area contributed by atoms with Crippen molar-refractivity contribution in [2.45, 2.75) is 20.3 Å². The fraction of sp³-hybridized carbons (Fsp3) is 0.115. The van der Waals surface area contributed by atoms with Crippen LogP contribution in [0.2, 0.25) is 0 Å². The van der Waals surface area contributed by atoms with E-state index in [0.717, 1.165) is 27.8 Å². The van der Waals surface area contributed by atoms with E-state index >= 15 is 0 Å². The molecule has 27 heavy (non-hydrogen) atoms. The number of Topliss-reactive ketones (excluding diaryl/α,β-unsaturated/α-hetero) is 1. The number of aryl methyl sites for hydroxylation is 2. The maximum atomic E-state index is 13.3. The Morgan fingerprint density at radius 1 is 0.704 bits per heavy atom. The van der Waals surface area contributed by atoms with E-state index in [2.05, 4.69) is 74.5 Å². The van der Waals surface area contributed by atoms with Gasteiger partial charge in [-0.3, -0.25) is 4.79 Å². The highest BCUT2D eigenvalue weighted by Crippen LogP contribution is 2.33. The molecule has 0 saturated carbocycles. The van der Waals surface area contributed by atoms with E-state index in [1.807, 2.05) is 24.3 Å². The van der Waals surface area contributed by atoms with Gasteiger partial charge in [0.15, 0.2) is 5.78 Å². The zero-order valence-corrected chi connectivity index (χ0v) is 15.7. The number of carbonyl (C=O) groups is 1. The first-order valence-electron chi connectivity index (χ1n) is 9.29. The monoisotopic (exact) mass is 350 g/mol. The van der Waals surface area contributed by atoms with Crippen molar-refractivity contribution in [3.05, 3.63) is 112 Å². The van der Waals surface area contributed by atoms with Crippen molar-refractivity contribution >= 4 is 23.5 Å². The predicted octanol–water partition coefficient (Wildman–Crippen LogP) is 6.05. The molecule has 0 heterocycles. The molecule has 3 aromatic rings. The van der Waals surface area contributed by atoms with Gasteiger partial charge in [0.05, 0.1) is 0 Å². The minimum atomic E-state index is 0.120. The molecule has 3 aromatic carbocycles. The number of carbonyl (C=O) groups excluding carboxylic acids is 1. The molecule has 0 saturated heterocycles. The Labute approximate surface area is 160 Å². The second-order valence-electron chi connectivity index (χ2n) is 7.21. The van der Waals surface area contributed by atoms with Gasteiger partial charge in [-0.15, -0.1) is 0 Å². The molecule has 0 spiro atoms. The second kappa shape index (κ2) is 7.20. The van der Waals surface area contributed by atoms with Crippen molar-refractivity contribution in [2.75, 3.05) is 0 Å². The van der Waals surface area contributed by atoms with Gasteiger partial charge in [-0.25, -0.2) is 0 Å². The van der Waals surface area contributed by atoms with Crippen molar-refractivity contribution < 1.29 is 4.79 Å². The van der Waals surface area contributed by atoms with Gasteiger partial charge in [-0.2, -0.15) is 0 Å². The molecule has 1 aliphatic rings. The summed E-state index contributed by atoms with van der Waals surface area (Å²) in [6.07, 6.45) is 4.72. The maximum Gasteiger partial charge on any atom is 0.189 e. The summed E-state index contributed by atoms with van der Waals surface area (Å²) in [6, 6.07) is 24.8. The Morgan fingerprint density at radius 3 is 1.89 bits per heavy atom. The van der Waals surface area contributed by atoms with Crippen LogP contribution >= 0.6 is 0 Å². The third kappa shape index (κ3) is 3.68. The van der Waals surface area contributed by atoms with Gasteiger partial charge in [-0.05, 0) is 48.3 Å². The average molecular weight is 350 g/mol. The number of ketones is 1. The Balaban J connectivity index is 1.81. The lowest BCUT2D eigenvalue weighted by Gasteiger charge is -2.21. The Kier molecular flexibility index (Phi) is 4.60. The van der Waals surface area contributed by atoms with Crippen LogP contribution in [0.15, 0.2) is 78.4 Å². The van der Waals surface area contributed by atoms with Crippen LogP contribution in [0.4, 0.5) is 0 Å². The fourth-order valence-electron chi connectivity index (χ4n) is 3.47. The van der Waals surface area contributed by atoms with E-state index in [0.29, 0.717) is 6.42 Å². The topological polar surface area (TPSA) is 17.1 Å². The highest BCUT2D eigenvalue weighted by Gasteiger charge is 2.25. The van der Waals surface area contributed by atoms with Crippen LogP contribution in [0.25, 0.3) is 17.7 Å². The second-order valence-corrected chi connectivity index (χ2v) is 7.21. The molecule has 0 radical (unpaired) electrons. The third-order valence-electron chi connectivity index (χ3n) is 5.03. The van der Waals surface area contributed by atoms with E-state index in [-0.39, 0.29) is 5.78 Å². The first kappa shape index (κ1) is 17.2. The summed E-state index contributed by atoms with van der Waals surface area (Å²) in [4.78, 5) is 13.3. The van der Waals surface area contributed by atoms with E-state index in [4.69, 9.17) is 0 Å². The number of fused-ring (bicyclic) bond motifs is 1. The van der Waals surface area contributed by atoms with Crippen molar-refractivity contribution in [1.82, 2.24) is 0 Å². The highest BCUT2D eigenvalue weighted by molar-refractivity contribution is 6.35. The fourth-order valence-corrected chi connectivity index (χ4v) is 3.47. The van der Waals surface area contributed by atoms with Crippen LogP contribution in [0, 0.1) is 13.8 Å². The van der Waals surface area contributed by atoms with Crippen molar-refractivity contribution in [3.63, 3.8) is 0 Å². The van der Waals surface area contributed by atoms with E-state index in [1.165, 1.54) is 16.7 Å². The van der Waals surface area contributed by atoms with Crippen molar-refractivity contribution in [3.8, 4) is 0 Å². The van der Waals surface area contributed by atoms with Crippen LogP contribution in [0.1, 0.15) is 33.4 Å². The molecule has 0 unspecified atom stereocenters. The van der Waals surface area contributed by atoms with Gasteiger partial charge < -0.3 is 0 Å². The lowest BCUT2D eigenvalue weighted by Crippen LogP contribution is -2.15. The van der Waals surface area contributed by atoms with Crippen molar-refractivity contribution in [1.29, 1.82) is 0 Å². The summed E-state index contributed by atoms with van der Waals surface area (Å²) in [5.41, 5.74) is 8.42. The van der Waals surface area contributed by atoms with E-state index < -0.39 is 0 Å². The maximum absolute atomic E-state index is 13.3. The smallest absolute Gasteiger partial charge is 0.189 e. The first-order chi connectivity index (χ1) is 13.1. The summed E-state index contributed by atoms with van der Waals surface area (Å²) in [5.74, 6) is 0.120. The van der Waals surface area contributed by atoms with Gasteiger partial charge in [0.2, 0.25) is 0 Å². The van der Waals surface area contributed by atoms with Crippen molar-refractivity contribution in [2.24, 2.45) is 0 Å². The summed E-state index contributed by atoms with van der Waals surface area (Å²) >= 11 is 0. The minimum Gasteiger partial charge on any atom is -0.289 e. The van der Waals surface area contributed by atoms with Gasteiger partial charge in [-0.1, -0.05) is 83.9 Å². The molecular weight excluding hydrogens is 328 g/mol. The summed E-state index contributed by atoms with van der Waals surface area (Å²) in [6.45, 7) is 4.14.